The molecule has 0 aliphatic heterocycles. The minimum atomic E-state index is -4.51. The SMILES string of the molecule is N#C/C(=C\c1cccc(C(F)(F)F)c1)C(=O)Nc1nc(-c2ccccc2)cs1. The van der Waals surface area contributed by atoms with Crippen molar-refractivity contribution >= 4 is 28.5 Å². The molecule has 1 N–H and O–H groups in total. The van der Waals surface area contributed by atoms with E-state index in [0.29, 0.717) is 5.69 Å². The second-order valence-electron chi connectivity index (χ2n) is 5.65. The number of rotatable bonds is 4. The Morgan fingerprint density at radius 2 is 1.89 bits per heavy atom. The second-order valence-corrected chi connectivity index (χ2v) is 6.51. The molecule has 8 heteroatoms. The zero-order valence-corrected chi connectivity index (χ0v) is 15.0. The average Bonchev–Trinajstić information content (AvgIpc) is 3.15. The van der Waals surface area contributed by atoms with Gasteiger partial charge < -0.3 is 0 Å². The number of nitrogens with one attached hydrogen (secondary N) is 1. The van der Waals surface area contributed by atoms with E-state index in [0.717, 1.165) is 23.8 Å². The molecule has 1 aromatic heterocycles. The van der Waals surface area contributed by atoms with E-state index in [1.165, 1.54) is 23.5 Å². The molecular formula is C20H12F3N3OS. The molecule has 3 rings (SSSR count). The number of amides is 1. The van der Waals surface area contributed by atoms with E-state index in [1.54, 1.807) is 11.4 Å². The molecule has 4 nitrogen and oxygen atoms in total. The highest BCUT2D eigenvalue weighted by Gasteiger charge is 2.30. The fraction of sp³-hybridized carbons (Fsp3) is 0.0500. The summed E-state index contributed by atoms with van der Waals surface area (Å²) in [7, 11) is 0. The van der Waals surface area contributed by atoms with Crippen molar-refractivity contribution in [1.82, 2.24) is 4.98 Å². The summed E-state index contributed by atoms with van der Waals surface area (Å²) in [4.78, 5) is 16.6. The van der Waals surface area contributed by atoms with E-state index in [4.69, 9.17) is 0 Å². The molecule has 1 heterocycles. The summed E-state index contributed by atoms with van der Waals surface area (Å²) in [5, 5.41) is 13.8. The quantitative estimate of drug-likeness (QED) is 0.473. The van der Waals surface area contributed by atoms with Crippen LogP contribution in [0.5, 0.6) is 0 Å². The number of nitrogens with zero attached hydrogens (tertiary/aromatic N) is 2. The van der Waals surface area contributed by atoms with Crippen molar-refractivity contribution in [3.8, 4) is 17.3 Å². The maximum absolute atomic E-state index is 12.8. The number of thiazole rings is 1. The first-order valence-corrected chi connectivity index (χ1v) is 8.86. The van der Waals surface area contributed by atoms with Crippen molar-refractivity contribution in [3.05, 3.63) is 76.7 Å². The molecular weight excluding hydrogens is 387 g/mol. The van der Waals surface area contributed by atoms with Crippen LogP contribution in [0.3, 0.4) is 0 Å². The lowest BCUT2D eigenvalue weighted by Gasteiger charge is -2.07. The summed E-state index contributed by atoms with van der Waals surface area (Å²) in [5.41, 5.74) is 0.466. The first-order valence-electron chi connectivity index (χ1n) is 7.98. The third-order valence-corrected chi connectivity index (χ3v) is 4.44. The van der Waals surface area contributed by atoms with Crippen LogP contribution in [0, 0.1) is 11.3 Å². The molecule has 3 aromatic rings. The number of nitriles is 1. The normalized spacial score (nSPS) is 11.7. The molecule has 0 saturated heterocycles. The van der Waals surface area contributed by atoms with E-state index in [2.05, 4.69) is 10.3 Å². The van der Waals surface area contributed by atoms with E-state index < -0.39 is 17.6 Å². The maximum Gasteiger partial charge on any atom is 0.416 e. The molecule has 0 spiro atoms. The molecule has 0 aliphatic rings. The number of carbonyl (C=O) groups excluding carboxylic acids is 1. The number of hydrogen-bond donors (Lipinski definition) is 1. The molecule has 0 aliphatic carbocycles. The van der Waals surface area contributed by atoms with E-state index >= 15 is 0 Å². The zero-order valence-electron chi connectivity index (χ0n) is 14.2. The Morgan fingerprint density at radius 3 is 2.57 bits per heavy atom. The molecule has 2 aromatic carbocycles. The van der Waals surface area contributed by atoms with Crippen LogP contribution in [-0.4, -0.2) is 10.9 Å². The van der Waals surface area contributed by atoms with Crippen LogP contribution in [0.15, 0.2) is 65.6 Å². The van der Waals surface area contributed by atoms with Crippen LogP contribution >= 0.6 is 11.3 Å². The summed E-state index contributed by atoms with van der Waals surface area (Å²) in [6.07, 6.45) is -3.40. The molecule has 28 heavy (non-hydrogen) atoms. The molecule has 0 fully saturated rings. The third kappa shape index (κ3) is 4.64. The van der Waals surface area contributed by atoms with Crippen molar-refractivity contribution in [2.45, 2.75) is 6.18 Å². The predicted molar refractivity (Wildman–Crippen MR) is 101 cm³/mol. The molecule has 0 bridgehead atoms. The topological polar surface area (TPSA) is 65.8 Å². The van der Waals surface area contributed by atoms with Crippen molar-refractivity contribution in [3.63, 3.8) is 0 Å². The summed E-state index contributed by atoms with van der Waals surface area (Å²) in [5.74, 6) is -0.742. The van der Waals surface area contributed by atoms with Gasteiger partial charge in [-0.3, -0.25) is 10.1 Å². The summed E-state index contributed by atoms with van der Waals surface area (Å²) >= 11 is 1.18. The van der Waals surface area contributed by atoms with Gasteiger partial charge in [0.1, 0.15) is 11.6 Å². The zero-order chi connectivity index (χ0) is 20.1. The lowest BCUT2D eigenvalue weighted by atomic mass is 10.1. The van der Waals surface area contributed by atoms with Crippen LogP contribution in [0.1, 0.15) is 11.1 Å². The first-order chi connectivity index (χ1) is 13.4. The molecule has 0 unspecified atom stereocenters. The summed E-state index contributed by atoms with van der Waals surface area (Å²) in [6, 6.07) is 15.4. The number of aromatic nitrogens is 1. The molecule has 0 atom stereocenters. The number of hydrogen-bond acceptors (Lipinski definition) is 4. The standard InChI is InChI=1S/C20H12F3N3OS/c21-20(22,23)16-8-4-5-13(10-16)9-15(11-24)18(27)26-19-25-17(12-28-19)14-6-2-1-3-7-14/h1-10,12H,(H,25,26,27)/b15-9+. The molecule has 1 amide bonds. The Labute approximate surface area is 162 Å². The van der Waals surface area contributed by atoms with Gasteiger partial charge in [-0.05, 0) is 23.8 Å². The fourth-order valence-corrected chi connectivity index (χ4v) is 3.07. The molecule has 0 radical (unpaired) electrons. The highest BCUT2D eigenvalue weighted by Crippen LogP contribution is 2.30. The van der Waals surface area contributed by atoms with E-state index in [1.807, 2.05) is 30.3 Å². The highest BCUT2D eigenvalue weighted by molar-refractivity contribution is 7.14. The Morgan fingerprint density at radius 1 is 1.14 bits per heavy atom. The first kappa shape index (κ1) is 19.3. The predicted octanol–water partition coefficient (Wildman–Crippen LogP) is 5.37. The maximum atomic E-state index is 12.8. The van der Waals surface area contributed by atoms with Gasteiger partial charge in [-0.1, -0.05) is 42.5 Å². The lowest BCUT2D eigenvalue weighted by molar-refractivity contribution is -0.137. The summed E-state index contributed by atoms with van der Waals surface area (Å²) in [6.45, 7) is 0. The highest BCUT2D eigenvalue weighted by atomic mass is 32.1. The average molecular weight is 399 g/mol. The van der Waals surface area contributed by atoms with Gasteiger partial charge in [-0.2, -0.15) is 18.4 Å². The number of halogens is 3. The van der Waals surface area contributed by atoms with Gasteiger partial charge in [0.05, 0.1) is 11.3 Å². The number of anilines is 1. The van der Waals surface area contributed by atoms with Crippen molar-refractivity contribution in [1.29, 1.82) is 5.26 Å². The van der Waals surface area contributed by atoms with Crippen molar-refractivity contribution in [2.75, 3.05) is 5.32 Å². The van der Waals surface area contributed by atoms with E-state index in [-0.39, 0.29) is 16.3 Å². The van der Waals surface area contributed by atoms with E-state index in [9.17, 15) is 23.2 Å². The van der Waals surface area contributed by atoms with Gasteiger partial charge in [-0.15, -0.1) is 11.3 Å². The van der Waals surface area contributed by atoms with Crippen LogP contribution < -0.4 is 5.32 Å². The van der Waals surface area contributed by atoms with Gasteiger partial charge in [0.15, 0.2) is 5.13 Å². The Bertz CT molecular complexity index is 1070. The Hall–Kier alpha value is -3.44. The fourth-order valence-electron chi connectivity index (χ4n) is 2.36. The van der Waals surface area contributed by atoms with Crippen LogP contribution in [0.25, 0.3) is 17.3 Å². The number of alkyl halides is 3. The van der Waals surface area contributed by atoms with Crippen LogP contribution in [0.2, 0.25) is 0 Å². The van der Waals surface area contributed by atoms with Crippen molar-refractivity contribution in [2.24, 2.45) is 0 Å². The monoisotopic (exact) mass is 399 g/mol. The van der Waals surface area contributed by atoms with Gasteiger partial charge in [-0.25, -0.2) is 4.98 Å². The van der Waals surface area contributed by atoms with Crippen LogP contribution in [-0.2, 0) is 11.0 Å². The minimum absolute atomic E-state index is 0.102. The third-order valence-electron chi connectivity index (χ3n) is 3.68. The van der Waals surface area contributed by atoms with Gasteiger partial charge in [0, 0.05) is 10.9 Å². The Balaban J connectivity index is 1.79. The largest absolute Gasteiger partial charge is 0.416 e. The number of benzene rings is 2. The molecule has 0 saturated carbocycles. The minimum Gasteiger partial charge on any atom is -0.297 e. The van der Waals surface area contributed by atoms with Gasteiger partial charge in [0.2, 0.25) is 0 Å². The molecule has 140 valence electrons. The smallest absolute Gasteiger partial charge is 0.297 e. The van der Waals surface area contributed by atoms with Crippen molar-refractivity contribution < 1.29 is 18.0 Å². The second kappa shape index (κ2) is 8.06. The number of carbonyl (C=O) groups is 1. The van der Waals surface area contributed by atoms with Gasteiger partial charge in [0.25, 0.3) is 5.91 Å². The lowest BCUT2D eigenvalue weighted by Crippen LogP contribution is -2.13. The van der Waals surface area contributed by atoms with Gasteiger partial charge >= 0.3 is 6.18 Å². The summed E-state index contributed by atoms with van der Waals surface area (Å²) < 4.78 is 38.4. The Kier molecular flexibility index (Phi) is 5.57. The van der Waals surface area contributed by atoms with Crippen LogP contribution in [0.4, 0.5) is 18.3 Å².